The van der Waals surface area contributed by atoms with E-state index in [4.69, 9.17) is 20.4 Å². The molecule has 0 fully saturated rings. The Morgan fingerprint density at radius 3 is 2.09 bits per heavy atom. The lowest BCUT2D eigenvalue weighted by atomic mass is 10.1. The fraction of sp³-hybridized carbons (Fsp3) is 0.125. The van der Waals surface area contributed by atoms with Gasteiger partial charge in [0.05, 0.1) is 5.56 Å². The number of carbonyl (C=O) groups excluding carboxylic acids is 1. The molecule has 2 aromatic carbocycles. The van der Waals surface area contributed by atoms with Gasteiger partial charge < -0.3 is 20.4 Å². The molecule has 0 amide bonds. The first-order chi connectivity index (χ1) is 10.4. The Morgan fingerprint density at radius 1 is 0.955 bits per heavy atom. The molecule has 0 saturated heterocycles. The van der Waals surface area contributed by atoms with Crippen LogP contribution in [0, 0.1) is 0 Å². The van der Waals surface area contributed by atoms with Crippen molar-refractivity contribution in [3.63, 3.8) is 0 Å². The van der Waals surface area contributed by atoms with Gasteiger partial charge in [-0.25, -0.2) is 4.79 Å². The van der Waals surface area contributed by atoms with Gasteiger partial charge in [-0.15, -0.1) is 0 Å². The molecule has 6 heteroatoms. The zero-order valence-electron chi connectivity index (χ0n) is 11.5. The number of hydrogen-bond acceptors (Lipinski definition) is 5. The van der Waals surface area contributed by atoms with Gasteiger partial charge in [-0.1, -0.05) is 24.3 Å². The molecular formula is C16H14O6. The summed E-state index contributed by atoms with van der Waals surface area (Å²) in [4.78, 5) is 21.4. The molecule has 0 aromatic heterocycles. The molecule has 0 unspecified atom stereocenters. The molecule has 0 bridgehead atoms. The first-order valence-electron chi connectivity index (χ1n) is 6.49. The number of carbonyl (C=O) groups is 2. The minimum Gasteiger partial charge on any atom is -0.504 e. The summed E-state index contributed by atoms with van der Waals surface area (Å²) in [5.41, 5.74) is 1.86. The van der Waals surface area contributed by atoms with Gasteiger partial charge in [0.25, 0.3) is 0 Å². The van der Waals surface area contributed by atoms with Gasteiger partial charge in [-0.3, -0.25) is 4.79 Å². The maximum atomic E-state index is 11.1. The summed E-state index contributed by atoms with van der Waals surface area (Å²) in [5, 5.41) is 35.0. The van der Waals surface area contributed by atoms with Crippen molar-refractivity contribution in [1.29, 1.82) is 0 Å². The summed E-state index contributed by atoms with van der Waals surface area (Å²) in [6.07, 6.45) is 1.65. The monoisotopic (exact) mass is 302 g/mol. The van der Waals surface area contributed by atoms with Crippen LogP contribution < -0.4 is 0 Å². The van der Waals surface area contributed by atoms with Gasteiger partial charge in [-0.05, 0) is 24.1 Å². The number of aromatic hydroxyl groups is 3. The number of ketones is 1. The highest BCUT2D eigenvalue weighted by atomic mass is 16.4. The zero-order chi connectivity index (χ0) is 16.3. The fourth-order valence-electron chi connectivity index (χ4n) is 2.12. The molecule has 1 aliphatic carbocycles. The molecule has 1 aliphatic rings. The molecule has 2 aromatic rings. The normalized spacial score (nSPS) is 12.3. The molecule has 4 N–H and O–H groups in total. The van der Waals surface area contributed by atoms with Crippen molar-refractivity contribution in [3.8, 4) is 17.2 Å². The summed E-state index contributed by atoms with van der Waals surface area (Å²) in [6, 6.07) is 9.53. The van der Waals surface area contributed by atoms with Crippen molar-refractivity contribution in [3.05, 3.63) is 53.1 Å². The second-order valence-corrected chi connectivity index (χ2v) is 4.75. The number of phenols is 3. The van der Waals surface area contributed by atoms with Crippen molar-refractivity contribution in [2.45, 2.75) is 12.8 Å². The second-order valence-electron chi connectivity index (χ2n) is 4.75. The molecule has 0 heterocycles. The van der Waals surface area contributed by atoms with E-state index in [0.717, 1.165) is 24.1 Å². The highest BCUT2D eigenvalue weighted by Gasteiger charge is 2.17. The minimum absolute atomic E-state index is 0.289. The number of phenolic OH excluding ortho intramolecular Hbond substituents is 3. The van der Waals surface area contributed by atoms with Crippen molar-refractivity contribution in [2.75, 3.05) is 0 Å². The van der Waals surface area contributed by atoms with Crippen molar-refractivity contribution < 1.29 is 30.0 Å². The third-order valence-corrected chi connectivity index (χ3v) is 3.26. The Labute approximate surface area is 125 Å². The van der Waals surface area contributed by atoms with Crippen LogP contribution in [0.25, 0.3) is 0 Å². The van der Waals surface area contributed by atoms with Crippen molar-refractivity contribution in [1.82, 2.24) is 0 Å². The van der Waals surface area contributed by atoms with Crippen LogP contribution in [0.5, 0.6) is 17.2 Å². The van der Waals surface area contributed by atoms with Crippen LogP contribution in [0.2, 0.25) is 0 Å². The highest BCUT2D eigenvalue weighted by molar-refractivity contribution is 6.00. The Balaban J connectivity index is 0.000000162. The van der Waals surface area contributed by atoms with Crippen molar-refractivity contribution >= 4 is 11.8 Å². The van der Waals surface area contributed by atoms with E-state index in [1.807, 2.05) is 24.3 Å². The second kappa shape index (κ2) is 6.17. The summed E-state index contributed by atoms with van der Waals surface area (Å²) in [7, 11) is 0. The van der Waals surface area contributed by atoms with Crippen LogP contribution in [-0.4, -0.2) is 32.2 Å². The van der Waals surface area contributed by atoms with E-state index in [-0.39, 0.29) is 5.56 Å². The average Bonchev–Trinajstić information content (AvgIpc) is 2.87. The first-order valence-corrected chi connectivity index (χ1v) is 6.49. The smallest absolute Gasteiger partial charge is 0.335 e. The maximum Gasteiger partial charge on any atom is 0.335 e. The number of hydrogen-bond donors (Lipinski definition) is 4. The zero-order valence-corrected chi connectivity index (χ0v) is 11.5. The largest absolute Gasteiger partial charge is 0.504 e. The number of aromatic carboxylic acids is 1. The Hall–Kier alpha value is -3.02. The van der Waals surface area contributed by atoms with Gasteiger partial charge in [0.1, 0.15) is 0 Å². The predicted octanol–water partition coefficient (Wildman–Crippen LogP) is 2.32. The van der Waals surface area contributed by atoms with E-state index in [9.17, 15) is 9.59 Å². The molecule has 22 heavy (non-hydrogen) atoms. The maximum absolute atomic E-state index is 11.1. The lowest BCUT2D eigenvalue weighted by molar-refractivity contribution is 0.0695. The molecule has 0 spiro atoms. The minimum atomic E-state index is -1.29. The van der Waals surface area contributed by atoms with E-state index < -0.39 is 23.2 Å². The van der Waals surface area contributed by atoms with E-state index in [2.05, 4.69) is 0 Å². The van der Waals surface area contributed by atoms with E-state index >= 15 is 0 Å². The Bertz CT molecular complexity index is 712. The van der Waals surface area contributed by atoms with Crippen LogP contribution in [0.4, 0.5) is 0 Å². The summed E-state index contributed by atoms with van der Waals surface area (Å²) >= 11 is 0. The number of fused-ring (bicyclic) bond motifs is 1. The molecule has 0 aliphatic heterocycles. The van der Waals surface area contributed by atoms with Gasteiger partial charge >= 0.3 is 5.97 Å². The van der Waals surface area contributed by atoms with Gasteiger partial charge in [0.15, 0.2) is 23.0 Å². The molecule has 0 radical (unpaired) electrons. The van der Waals surface area contributed by atoms with Crippen LogP contribution in [0.15, 0.2) is 36.4 Å². The van der Waals surface area contributed by atoms with E-state index in [1.165, 1.54) is 5.56 Å². The summed E-state index contributed by atoms with van der Waals surface area (Å²) in [5.74, 6) is -3.03. The molecule has 114 valence electrons. The third-order valence-electron chi connectivity index (χ3n) is 3.26. The number of carboxylic acids is 1. The lowest BCUT2D eigenvalue weighted by Crippen LogP contribution is -1.95. The summed E-state index contributed by atoms with van der Waals surface area (Å²) < 4.78 is 0. The first kappa shape index (κ1) is 15.4. The molecule has 0 atom stereocenters. The standard InChI is InChI=1S/C9H8O.C7H6O5/c10-9-6-5-7-3-1-2-4-8(7)9;8-4-1-3(7(11)12)2-5(9)6(4)10/h1-4H,5-6H2;1-2,8-10H,(H,11,12). The lowest BCUT2D eigenvalue weighted by Gasteiger charge is -2.01. The van der Waals surface area contributed by atoms with E-state index in [0.29, 0.717) is 12.2 Å². The van der Waals surface area contributed by atoms with Gasteiger partial charge in [0, 0.05) is 12.0 Å². The van der Waals surface area contributed by atoms with Crippen LogP contribution in [0.1, 0.15) is 32.7 Å². The summed E-state index contributed by atoms with van der Waals surface area (Å²) in [6.45, 7) is 0. The number of benzene rings is 2. The highest BCUT2D eigenvalue weighted by Crippen LogP contribution is 2.35. The average molecular weight is 302 g/mol. The van der Waals surface area contributed by atoms with Crippen LogP contribution in [0.3, 0.4) is 0 Å². The molecular weight excluding hydrogens is 288 g/mol. The van der Waals surface area contributed by atoms with Gasteiger partial charge in [0.2, 0.25) is 0 Å². The van der Waals surface area contributed by atoms with Crippen LogP contribution >= 0.6 is 0 Å². The fourth-order valence-corrected chi connectivity index (χ4v) is 2.12. The Kier molecular flexibility index (Phi) is 4.31. The van der Waals surface area contributed by atoms with E-state index in [1.54, 1.807) is 0 Å². The molecule has 6 nitrogen and oxygen atoms in total. The predicted molar refractivity (Wildman–Crippen MR) is 77.5 cm³/mol. The number of carboxylic acid groups (broad SMARTS) is 1. The van der Waals surface area contributed by atoms with Gasteiger partial charge in [-0.2, -0.15) is 0 Å². The number of aryl methyl sites for hydroxylation is 1. The molecule has 0 saturated carbocycles. The quantitative estimate of drug-likeness (QED) is 0.601. The van der Waals surface area contributed by atoms with Crippen LogP contribution in [-0.2, 0) is 6.42 Å². The molecule has 3 rings (SSSR count). The third kappa shape index (κ3) is 3.17. The topological polar surface area (TPSA) is 115 Å². The van der Waals surface area contributed by atoms with Crippen molar-refractivity contribution in [2.24, 2.45) is 0 Å². The SMILES string of the molecule is O=C(O)c1cc(O)c(O)c(O)c1.O=C1CCc2ccccc21. The Morgan fingerprint density at radius 2 is 1.55 bits per heavy atom. The number of Topliss-reactive ketones (excluding diaryl/α,β-unsaturated/α-hetero) is 1. The number of rotatable bonds is 1.